The Balaban J connectivity index is 0.736. The van der Waals surface area contributed by atoms with E-state index in [0.29, 0.717) is 30.5 Å². The van der Waals surface area contributed by atoms with Crippen LogP contribution in [0.3, 0.4) is 0 Å². The van der Waals surface area contributed by atoms with Crippen molar-refractivity contribution in [3.05, 3.63) is 264 Å². The maximum absolute atomic E-state index is 8.32. The summed E-state index contributed by atoms with van der Waals surface area (Å²) in [4.78, 5) is 17.7. The standard InChI is InChI=1S/C78H70N8O2/c1-51-35-53(3)77(54(4)36-51)57-39-63(45-67(41-57)87-65-21-17-19-61(43-65)81-47-79(7)69-23-9-11-25-71(69)81)85-49-83(73-27-13-15-29-75(73)85)59-31-33-60(34-32-59)84-50-86(76-30-16-14-28-74(76)84)64-40-58(78-55(5)37-52(2)38-56(78)6)42-68(46-64)88-66-22-18-20-62(44-66)82-48-80(8)70-24-10-12-26-72(70)82/h9-46H,47-50H2,1-8H3/i7D3. The SMILES string of the molecule is [2H]C([2H])([2H])N1CN(c2cccc(Oc3cc(-c4c(C)cc(C)cc4C)cc(N4CN(c5ccc(N6CN(c7cc(Oc8cccc(N9CN(C)c%10ccccc%109)c8)cc(-c8c(C)cc(C)cc8C)c7)c7ccccc76)cc5)c5ccccc54)c3)c2)c2ccccc21. The summed E-state index contributed by atoms with van der Waals surface area (Å²) in [7, 11) is 2.14. The van der Waals surface area contributed by atoms with E-state index in [1.807, 2.05) is 59.5 Å². The van der Waals surface area contributed by atoms with Crippen molar-refractivity contribution in [1.82, 2.24) is 0 Å². The van der Waals surface area contributed by atoms with Crippen molar-refractivity contribution in [1.29, 1.82) is 0 Å². The zero-order valence-electron chi connectivity index (χ0n) is 53.7. The lowest BCUT2D eigenvalue weighted by atomic mass is 9.93. The molecule has 0 N–H and O–H groups in total. The van der Waals surface area contributed by atoms with Crippen molar-refractivity contribution in [2.75, 3.05) is 79.9 Å². The van der Waals surface area contributed by atoms with Gasteiger partial charge in [-0.25, -0.2) is 0 Å². The van der Waals surface area contributed by atoms with Crippen LogP contribution in [0.25, 0.3) is 22.3 Å². The van der Waals surface area contributed by atoms with E-state index < -0.39 is 6.98 Å². The van der Waals surface area contributed by atoms with Crippen LogP contribution < -0.4 is 48.7 Å². The summed E-state index contributed by atoms with van der Waals surface area (Å²) in [5.74, 6) is 2.87. The molecule has 0 bridgehead atoms. The van der Waals surface area contributed by atoms with Crippen LogP contribution in [-0.2, 0) is 0 Å². The van der Waals surface area contributed by atoms with E-state index in [1.165, 1.54) is 60.8 Å². The Bertz CT molecular complexity index is 4620. The average Bonchev–Trinajstić information content (AvgIpc) is 2.04. The number of fused-ring (bicyclic) bond motifs is 4. The number of para-hydroxylation sites is 8. The molecule has 0 saturated heterocycles. The highest BCUT2D eigenvalue weighted by molar-refractivity contribution is 5.92. The minimum absolute atomic E-state index is 0.190. The normalized spacial score (nSPS) is 14.6. The van der Waals surface area contributed by atoms with E-state index >= 15 is 0 Å². The fraction of sp³-hybridized carbons (Fsp3) is 0.154. The van der Waals surface area contributed by atoms with Crippen molar-refractivity contribution in [2.45, 2.75) is 41.5 Å². The van der Waals surface area contributed by atoms with E-state index in [9.17, 15) is 0 Å². The van der Waals surface area contributed by atoms with Crippen LogP contribution >= 0.6 is 0 Å². The highest BCUT2D eigenvalue weighted by atomic mass is 16.5. The number of hydrogen-bond donors (Lipinski definition) is 0. The third-order valence-electron chi connectivity index (χ3n) is 17.7. The molecule has 0 radical (unpaired) electrons. The fourth-order valence-electron chi connectivity index (χ4n) is 14.0. The molecule has 0 amide bonds. The highest BCUT2D eigenvalue weighted by Crippen LogP contribution is 2.51. The van der Waals surface area contributed by atoms with Gasteiger partial charge in [0, 0.05) is 76.5 Å². The van der Waals surface area contributed by atoms with Crippen LogP contribution in [0.15, 0.2) is 231 Å². The topological polar surface area (TPSA) is 44.4 Å². The summed E-state index contributed by atoms with van der Waals surface area (Å²) >= 11 is 0. The Labute approximate surface area is 521 Å². The van der Waals surface area contributed by atoms with Gasteiger partial charge in [0.05, 0.1) is 58.8 Å². The minimum atomic E-state index is -2.30. The van der Waals surface area contributed by atoms with Gasteiger partial charge in [0.15, 0.2) is 0 Å². The molecule has 0 aliphatic carbocycles. The number of hydrogen-bond acceptors (Lipinski definition) is 10. The van der Waals surface area contributed by atoms with Crippen molar-refractivity contribution in [2.24, 2.45) is 0 Å². The number of ether oxygens (including phenoxy) is 2. The molecule has 0 atom stereocenters. The molecule has 0 unspecified atom stereocenters. The molecule has 4 aliphatic rings. The number of benzene rings is 11. The Kier molecular flexibility index (Phi) is 12.5. The molecular weight excluding hydrogens is 1080 g/mol. The quantitative estimate of drug-likeness (QED) is 0.118. The molecule has 15 rings (SSSR count). The molecule has 10 heteroatoms. The molecule has 434 valence electrons. The maximum Gasteiger partial charge on any atom is 0.130 e. The van der Waals surface area contributed by atoms with Crippen LogP contribution in [0.1, 0.15) is 37.5 Å². The molecule has 11 aromatic rings. The second kappa shape index (κ2) is 21.7. The smallest absolute Gasteiger partial charge is 0.130 e. The minimum Gasteiger partial charge on any atom is -0.457 e. The highest BCUT2D eigenvalue weighted by Gasteiger charge is 2.33. The van der Waals surface area contributed by atoms with Crippen LogP contribution in [0.4, 0.5) is 79.6 Å². The molecule has 0 spiro atoms. The molecular formula is C78H70N8O2. The van der Waals surface area contributed by atoms with Gasteiger partial charge in [-0.3, -0.25) is 0 Å². The van der Waals surface area contributed by atoms with Gasteiger partial charge < -0.3 is 48.7 Å². The van der Waals surface area contributed by atoms with Crippen LogP contribution in [-0.4, -0.2) is 40.7 Å². The van der Waals surface area contributed by atoms with Gasteiger partial charge >= 0.3 is 0 Å². The van der Waals surface area contributed by atoms with Crippen LogP contribution in [0, 0.1) is 41.5 Å². The summed E-state index contributed by atoms with van der Waals surface area (Å²) < 4.78 is 38.9. The van der Waals surface area contributed by atoms with Gasteiger partial charge in [0.1, 0.15) is 36.3 Å². The summed E-state index contributed by atoms with van der Waals surface area (Å²) in [6.45, 7) is 12.9. The lowest BCUT2D eigenvalue weighted by molar-refractivity contribution is 0.482. The van der Waals surface area contributed by atoms with E-state index in [0.717, 1.165) is 91.9 Å². The maximum atomic E-state index is 8.32. The Morgan fingerprint density at radius 1 is 0.284 bits per heavy atom. The van der Waals surface area contributed by atoms with Crippen LogP contribution in [0.5, 0.6) is 23.0 Å². The van der Waals surface area contributed by atoms with E-state index in [4.69, 9.17) is 13.6 Å². The summed E-state index contributed by atoms with van der Waals surface area (Å²) in [5, 5.41) is 0. The van der Waals surface area contributed by atoms with E-state index in [1.54, 1.807) is 0 Å². The first kappa shape index (κ1) is 50.7. The average molecular weight is 1150 g/mol. The first-order valence-electron chi connectivity index (χ1n) is 31.7. The molecule has 88 heavy (non-hydrogen) atoms. The lowest BCUT2D eigenvalue weighted by Gasteiger charge is -2.25. The Morgan fingerprint density at radius 3 is 0.989 bits per heavy atom. The summed E-state index contributed by atoms with van der Waals surface area (Å²) in [6.07, 6.45) is 0. The van der Waals surface area contributed by atoms with Crippen molar-refractivity contribution in [3.63, 3.8) is 0 Å². The monoisotopic (exact) mass is 1150 g/mol. The predicted molar refractivity (Wildman–Crippen MR) is 367 cm³/mol. The molecule has 11 aromatic carbocycles. The third-order valence-corrected chi connectivity index (χ3v) is 17.7. The second-order valence-corrected chi connectivity index (χ2v) is 23.9. The van der Waals surface area contributed by atoms with Gasteiger partial charge in [0.2, 0.25) is 0 Å². The number of rotatable bonds is 12. The van der Waals surface area contributed by atoms with Crippen LogP contribution in [0.2, 0.25) is 0 Å². The fourth-order valence-corrected chi connectivity index (χ4v) is 14.0. The van der Waals surface area contributed by atoms with Gasteiger partial charge in [-0.15, -0.1) is 0 Å². The predicted octanol–water partition coefficient (Wildman–Crippen LogP) is 20.0. The third kappa shape index (κ3) is 9.71. The number of aryl methyl sites for hydroxylation is 6. The molecule has 4 heterocycles. The van der Waals surface area contributed by atoms with Gasteiger partial charge in [-0.1, -0.05) is 96.1 Å². The summed E-state index contributed by atoms with van der Waals surface area (Å²) in [6, 6.07) is 81.2. The van der Waals surface area contributed by atoms with Crippen molar-refractivity contribution in [3.8, 4) is 45.3 Å². The van der Waals surface area contributed by atoms with E-state index in [2.05, 4.69) is 254 Å². The summed E-state index contributed by atoms with van der Waals surface area (Å²) in [5.41, 5.74) is 26.2. The van der Waals surface area contributed by atoms with Gasteiger partial charge in [-0.05, 0) is 207 Å². The zero-order chi connectivity index (χ0) is 62.4. The first-order chi connectivity index (χ1) is 44.1. The van der Waals surface area contributed by atoms with Crippen molar-refractivity contribution >= 4 is 79.6 Å². The lowest BCUT2D eigenvalue weighted by Crippen LogP contribution is -2.25. The van der Waals surface area contributed by atoms with Gasteiger partial charge in [0.25, 0.3) is 0 Å². The Hall–Kier alpha value is -10.6. The number of anilines is 14. The molecule has 10 nitrogen and oxygen atoms in total. The zero-order valence-corrected chi connectivity index (χ0v) is 50.7. The Morgan fingerprint density at radius 2 is 0.602 bits per heavy atom. The second-order valence-electron chi connectivity index (χ2n) is 23.9. The first-order valence-corrected chi connectivity index (χ1v) is 30.2. The molecule has 0 aromatic heterocycles. The van der Waals surface area contributed by atoms with E-state index in [-0.39, 0.29) is 6.67 Å². The van der Waals surface area contributed by atoms with Gasteiger partial charge in [-0.2, -0.15) is 0 Å². The molecule has 4 aliphatic heterocycles. The molecule has 0 saturated carbocycles. The largest absolute Gasteiger partial charge is 0.457 e. The van der Waals surface area contributed by atoms with Crippen molar-refractivity contribution < 1.29 is 13.6 Å². The molecule has 0 fully saturated rings. The number of nitrogens with zero attached hydrogens (tertiary/aromatic N) is 8.